The Hall–Kier alpha value is -0.660. The summed E-state index contributed by atoms with van der Waals surface area (Å²) in [6.07, 6.45) is 2.29. The molecule has 1 aliphatic heterocycles. The second-order valence-electron chi connectivity index (χ2n) is 5.42. The maximum absolute atomic E-state index is 6.36. The minimum atomic E-state index is -0.165. The van der Waals surface area contributed by atoms with Crippen LogP contribution < -0.4 is 5.32 Å². The van der Waals surface area contributed by atoms with Gasteiger partial charge in [0.2, 0.25) is 0 Å². The van der Waals surface area contributed by atoms with Crippen molar-refractivity contribution < 1.29 is 9.47 Å². The highest BCUT2D eigenvalue weighted by atomic mass is 35.5. The number of likely N-dealkylation sites (N-methyl/N-ethyl adjacent to an activating group) is 1. The van der Waals surface area contributed by atoms with Crippen molar-refractivity contribution in [1.82, 2.24) is 20.0 Å². The highest BCUT2D eigenvalue weighted by molar-refractivity contribution is 6.31. The molecule has 21 heavy (non-hydrogen) atoms. The molecule has 1 aromatic heterocycles. The van der Waals surface area contributed by atoms with Crippen LogP contribution in [0.5, 0.6) is 0 Å². The Morgan fingerprint density at radius 2 is 2.19 bits per heavy atom. The van der Waals surface area contributed by atoms with Crippen molar-refractivity contribution >= 4 is 11.6 Å². The smallest absolute Gasteiger partial charge is 0.159 e. The molecule has 1 unspecified atom stereocenters. The Balaban J connectivity index is 2.11. The van der Waals surface area contributed by atoms with Crippen LogP contribution in [0.15, 0.2) is 6.20 Å². The molecule has 0 aliphatic carbocycles. The number of nitrogens with zero attached hydrogens (tertiary/aromatic N) is 3. The van der Waals surface area contributed by atoms with Crippen LogP contribution in [0.4, 0.5) is 0 Å². The average molecular weight is 317 g/mol. The number of nitrogens with one attached hydrogen (secondary N) is 1. The van der Waals surface area contributed by atoms with E-state index in [0.29, 0.717) is 18.2 Å². The standard InChI is InChI=1S/C14H25ClN4O2/c1-4-16-12(9-13-20-7-8-21-13)14-11(15)10-17-19(14)6-5-18(2)3/h10,12-13,16H,4-9H2,1-3H3. The van der Waals surface area contributed by atoms with E-state index >= 15 is 0 Å². The van der Waals surface area contributed by atoms with Crippen molar-refractivity contribution in [3.05, 3.63) is 16.9 Å². The van der Waals surface area contributed by atoms with Gasteiger partial charge in [-0.2, -0.15) is 5.10 Å². The molecule has 1 aliphatic rings. The minimum Gasteiger partial charge on any atom is -0.350 e. The molecule has 2 rings (SSSR count). The molecule has 0 aromatic carbocycles. The van der Waals surface area contributed by atoms with E-state index in [1.165, 1.54) is 0 Å². The quantitative estimate of drug-likeness (QED) is 0.788. The van der Waals surface area contributed by atoms with Crippen molar-refractivity contribution in [2.24, 2.45) is 0 Å². The molecule has 1 aromatic rings. The fourth-order valence-electron chi connectivity index (χ4n) is 2.47. The molecule has 1 fully saturated rings. The molecule has 6 nitrogen and oxygen atoms in total. The molecule has 0 radical (unpaired) electrons. The first-order chi connectivity index (χ1) is 10.1. The first-order valence-electron chi connectivity index (χ1n) is 7.44. The van der Waals surface area contributed by atoms with Crippen LogP contribution in [-0.2, 0) is 16.0 Å². The van der Waals surface area contributed by atoms with Crippen LogP contribution in [0.25, 0.3) is 0 Å². The molecule has 1 N–H and O–H groups in total. The zero-order valence-corrected chi connectivity index (χ0v) is 13.8. The summed E-state index contributed by atoms with van der Waals surface area (Å²) in [5.74, 6) is 0. The van der Waals surface area contributed by atoms with Crippen LogP contribution in [0.3, 0.4) is 0 Å². The van der Waals surface area contributed by atoms with Gasteiger partial charge in [-0.05, 0) is 20.6 Å². The zero-order chi connectivity index (χ0) is 15.2. The second kappa shape index (κ2) is 8.10. The van der Waals surface area contributed by atoms with Crippen molar-refractivity contribution in [3.8, 4) is 0 Å². The molecular weight excluding hydrogens is 292 g/mol. The van der Waals surface area contributed by atoms with Gasteiger partial charge < -0.3 is 19.7 Å². The third kappa shape index (κ3) is 4.66. The van der Waals surface area contributed by atoms with Crippen LogP contribution in [-0.4, -0.2) is 61.4 Å². The topological polar surface area (TPSA) is 51.5 Å². The summed E-state index contributed by atoms with van der Waals surface area (Å²) in [6.45, 7) is 5.99. The number of aromatic nitrogens is 2. The average Bonchev–Trinajstić information content (AvgIpc) is 3.05. The fraction of sp³-hybridized carbons (Fsp3) is 0.786. The molecular formula is C14H25ClN4O2. The van der Waals surface area contributed by atoms with Gasteiger partial charge in [-0.25, -0.2) is 0 Å². The van der Waals surface area contributed by atoms with E-state index in [1.54, 1.807) is 6.20 Å². The number of hydrogen-bond acceptors (Lipinski definition) is 5. The van der Waals surface area contributed by atoms with E-state index in [9.17, 15) is 0 Å². The molecule has 0 bridgehead atoms. The third-order valence-electron chi connectivity index (χ3n) is 3.49. The summed E-state index contributed by atoms with van der Waals surface area (Å²) < 4.78 is 13.1. The monoisotopic (exact) mass is 316 g/mol. The number of hydrogen-bond donors (Lipinski definition) is 1. The molecule has 120 valence electrons. The van der Waals surface area contributed by atoms with Gasteiger partial charge >= 0.3 is 0 Å². The van der Waals surface area contributed by atoms with Gasteiger partial charge in [0.1, 0.15) is 0 Å². The lowest BCUT2D eigenvalue weighted by molar-refractivity contribution is -0.0534. The van der Waals surface area contributed by atoms with Crippen LogP contribution in [0.2, 0.25) is 5.02 Å². The third-order valence-corrected chi connectivity index (χ3v) is 3.78. The second-order valence-corrected chi connectivity index (χ2v) is 5.83. The summed E-state index contributed by atoms with van der Waals surface area (Å²) in [7, 11) is 4.10. The molecule has 1 saturated heterocycles. The SMILES string of the molecule is CCNC(CC1OCCO1)c1c(Cl)cnn1CCN(C)C. The van der Waals surface area contributed by atoms with Gasteiger partial charge in [-0.3, -0.25) is 4.68 Å². The van der Waals surface area contributed by atoms with Crippen LogP contribution in [0, 0.1) is 0 Å². The summed E-state index contributed by atoms with van der Waals surface area (Å²) in [6, 6.07) is 0.0789. The maximum Gasteiger partial charge on any atom is 0.159 e. The molecule has 7 heteroatoms. The van der Waals surface area contributed by atoms with E-state index in [-0.39, 0.29) is 12.3 Å². The van der Waals surface area contributed by atoms with E-state index in [0.717, 1.165) is 31.7 Å². The van der Waals surface area contributed by atoms with Gasteiger partial charge in [0.15, 0.2) is 6.29 Å². The minimum absolute atomic E-state index is 0.0789. The van der Waals surface area contributed by atoms with Crippen molar-refractivity contribution in [2.45, 2.75) is 32.2 Å². The molecule has 1 atom stereocenters. The van der Waals surface area contributed by atoms with Gasteiger partial charge in [0, 0.05) is 13.0 Å². The largest absolute Gasteiger partial charge is 0.350 e. The lowest BCUT2D eigenvalue weighted by Gasteiger charge is -2.23. The Morgan fingerprint density at radius 3 is 2.81 bits per heavy atom. The number of rotatable bonds is 8. The summed E-state index contributed by atoms with van der Waals surface area (Å²) in [4.78, 5) is 2.13. The Bertz CT molecular complexity index is 433. The highest BCUT2D eigenvalue weighted by Crippen LogP contribution is 2.28. The normalized spacial score (nSPS) is 17.8. The van der Waals surface area contributed by atoms with E-state index < -0.39 is 0 Å². The van der Waals surface area contributed by atoms with Crippen LogP contribution >= 0.6 is 11.6 Å². The number of ether oxygens (including phenoxy) is 2. The molecule has 0 saturated carbocycles. The predicted octanol–water partition coefficient (Wildman–Crippen LogP) is 1.51. The fourth-order valence-corrected chi connectivity index (χ4v) is 2.74. The summed E-state index contributed by atoms with van der Waals surface area (Å²) >= 11 is 6.36. The Labute approximate surface area is 131 Å². The van der Waals surface area contributed by atoms with Gasteiger partial charge in [-0.1, -0.05) is 18.5 Å². The summed E-state index contributed by atoms with van der Waals surface area (Å²) in [5.41, 5.74) is 1.01. The summed E-state index contributed by atoms with van der Waals surface area (Å²) in [5, 5.41) is 8.56. The highest BCUT2D eigenvalue weighted by Gasteiger charge is 2.26. The zero-order valence-electron chi connectivity index (χ0n) is 13.0. The van der Waals surface area contributed by atoms with E-state index in [1.807, 2.05) is 18.8 Å². The van der Waals surface area contributed by atoms with Crippen molar-refractivity contribution in [1.29, 1.82) is 0 Å². The first-order valence-corrected chi connectivity index (χ1v) is 7.82. The van der Waals surface area contributed by atoms with Gasteiger partial charge in [0.05, 0.1) is 42.7 Å². The first kappa shape index (κ1) is 16.7. The van der Waals surface area contributed by atoms with Crippen LogP contribution in [0.1, 0.15) is 25.1 Å². The molecule has 2 heterocycles. The molecule has 0 spiro atoms. The maximum atomic E-state index is 6.36. The van der Waals surface area contributed by atoms with Crippen molar-refractivity contribution in [3.63, 3.8) is 0 Å². The van der Waals surface area contributed by atoms with E-state index in [4.69, 9.17) is 21.1 Å². The van der Waals surface area contributed by atoms with Gasteiger partial charge in [-0.15, -0.1) is 0 Å². The predicted molar refractivity (Wildman–Crippen MR) is 82.5 cm³/mol. The lowest BCUT2D eigenvalue weighted by atomic mass is 10.1. The molecule has 0 amide bonds. The van der Waals surface area contributed by atoms with E-state index in [2.05, 4.69) is 22.2 Å². The van der Waals surface area contributed by atoms with Crippen molar-refractivity contribution in [2.75, 3.05) is 40.4 Å². The van der Waals surface area contributed by atoms with Gasteiger partial charge in [0.25, 0.3) is 0 Å². The Kier molecular flexibility index (Phi) is 6.44. The lowest BCUT2D eigenvalue weighted by Crippen LogP contribution is -2.29. The number of halogens is 1. The Morgan fingerprint density at radius 1 is 1.48 bits per heavy atom.